The molecule has 62 heavy (non-hydrogen) atoms. The van der Waals surface area contributed by atoms with Crippen molar-refractivity contribution in [2.75, 3.05) is 0 Å². The molecule has 3 nitrogen and oxygen atoms in total. The molecule has 9 aromatic carbocycles. The van der Waals surface area contributed by atoms with Gasteiger partial charge in [0.1, 0.15) is 0 Å². The lowest BCUT2D eigenvalue weighted by atomic mass is 9.70. The van der Waals surface area contributed by atoms with Gasteiger partial charge < -0.3 is 0 Å². The average molecular weight is 806 g/mol. The van der Waals surface area contributed by atoms with E-state index >= 15 is 0 Å². The number of thiophene rings is 1. The molecule has 4 heteroatoms. The summed E-state index contributed by atoms with van der Waals surface area (Å²) in [4.78, 5) is 15.7. The lowest BCUT2D eigenvalue weighted by molar-refractivity contribution is 0.794. The maximum absolute atomic E-state index is 5.30. The topological polar surface area (TPSA) is 38.7 Å². The van der Waals surface area contributed by atoms with Crippen molar-refractivity contribution in [3.8, 4) is 78.7 Å². The number of nitrogens with zero attached hydrogens (tertiary/aromatic N) is 3. The van der Waals surface area contributed by atoms with Gasteiger partial charge in [-0.2, -0.15) is 0 Å². The molecule has 1 spiro atoms. The van der Waals surface area contributed by atoms with Crippen LogP contribution < -0.4 is 0 Å². The van der Waals surface area contributed by atoms with Gasteiger partial charge in [0.15, 0.2) is 17.5 Å². The third kappa shape index (κ3) is 5.14. The number of hydrogen-bond donors (Lipinski definition) is 0. The fraction of sp³-hybridized carbons (Fsp3) is 0.0172. The van der Waals surface area contributed by atoms with Crippen LogP contribution in [-0.2, 0) is 5.41 Å². The zero-order valence-electron chi connectivity index (χ0n) is 33.5. The second-order valence-corrected chi connectivity index (χ2v) is 17.3. The predicted octanol–water partition coefficient (Wildman–Crippen LogP) is 14.9. The highest BCUT2D eigenvalue weighted by Crippen LogP contribution is 2.63. The van der Waals surface area contributed by atoms with Gasteiger partial charge >= 0.3 is 0 Å². The molecule has 0 saturated carbocycles. The van der Waals surface area contributed by atoms with Crippen molar-refractivity contribution < 1.29 is 0 Å². The monoisotopic (exact) mass is 805 g/mol. The molecule has 11 aromatic rings. The fourth-order valence-electron chi connectivity index (χ4n) is 10.3. The molecule has 2 aromatic heterocycles. The van der Waals surface area contributed by atoms with E-state index in [0.717, 1.165) is 38.9 Å². The number of fused-ring (bicyclic) bond motifs is 13. The van der Waals surface area contributed by atoms with E-state index in [0.29, 0.717) is 17.5 Å². The third-order valence-corrected chi connectivity index (χ3v) is 14.1. The summed E-state index contributed by atoms with van der Waals surface area (Å²) in [6.07, 6.45) is 0. The second kappa shape index (κ2) is 13.6. The summed E-state index contributed by atoms with van der Waals surface area (Å²) in [5, 5.41) is 2.57. The first-order valence-corrected chi connectivity index (χ1v) is 21.9. The number of hydrogen-bond acceptors (Lipinski definition) is 4. The predicted molar refractivity (Wildman–Crippen MR) is 256 cm³/mol. The van der Waals surface area contributed by atoms with Gasteiger partial charge in [-0.1, -0.05) is 182 Å². The lowest BCUT2D eigenvalue weighted by Crippen LogP contribution is -2.25. The molecule has 2 aliphatic carbocycles. The minimum absolute atomic E-state index is 0.386. The third-order valence-electron chi connectivity index (χ3n) is 13.0. The molecule has 0 radical (unpaired) electrons. The van der Waals surface area contributed by atoms with Crippen LogP contribution in [0.1, 0.15) is 22.3 Å². The maximum Gasteiger partial charge on any atom is 0.164 e. The molecule has 13 rings (SSSR count). The summed E-state index contributed by atoms with van der Waals surface area (Å²) in [6.45, 7) is 0. The van der Waals surface area contributed by atoms with Crippen LogP contribution in [0.5, 0.6) is 0 Å². The first-order chi connectivity index (χ1) is 30.7. The molecule has 2 aliphatic rings. The number of benzene rings is 9. The zero-order chi connectivity index (χ0) is 40.8. The van der Waals surface area contributed by atoms with Crippen LogP contribution >= 0.6 is 11.3 Å². The van der Waals surface area contributed by atoms with Crippen molar-refractivity contribution >= 4 is 31.5 Å². The summed E-state index contributed by atoms with van der Waals surface area (Å²) in [5.74, 6) is 1.91. The van der Waals surface area contributed by atoms with Crippen molar-refractivity contribution in [2.45, 2.75) is 5.41 Å². The van der Waals surface area contributed by atoms with Gasteiger partial charge in [-0.15, -0.1) is 11.3 Å². The van der Waals surface area contributed by atoms with Crippen LogP contribution in [0.25, 0.3) is 98.8 Å². The Morgan fingerprint density at radius 1 is 0.274 bits per heavy atom. The molecule has 0 N–H and O–H groups in total. The summed E-state index contributed by atoms with van der Waals surface area (Å²) in [5.41, 5.74) is 17.4. The van der Waals surface area contributed by atoms with Gasteiger partial charge in [-0.25, -0.2) is 15.0 Å². The SMILES string of the molecule is c1ccc(-c2nc(-c3cccc(-c4ccc5sc6ccccc6c5c4)c3)nc(-c3ccccc3-c3ccc4c(c3)-c3ccccc3C43c4ccccc4-c4ccccc43)n2)cc1. The molecule has 0 atom stereocenters. The average Bonchev–Trinajstić information content (AvgIpc) is 3.98. The Balaban J connectivity index is 0.963. The summed E-state index contributed by atoms with van der Waals surface area (Å²) < 4.78 is 2.60. The molecule has 0 amide bonds. The molecule has 2 heterocycles. The first kappa shape index (κ1) is 35.0. The van der Waals surface area contributed by atoms with Gasteiger partial charge in [0.25, 0.3) is 0 Å². The fourth-order valence-corrected chi connectivity index (χ4v) is 11.4. The van der Waals surface area contributed by atoms with Crippen LogP contribution in [0.3, 0.4) is 0 Å². The molecule has 0 bridgehead atoms. The largest absolute Gasteiger partial charge is 0.208 e. The standard InChI is InChI=1S/C58H35N3S/c1-2-15-36(16-3-1)55-59-56(40-18-14-17-37(33-40)38-30-32-54-48(34-38)45-23-9-13-28-53(45)62-54)61-57(60-55)46-24-5-4-19-41(46)39-29-31-52-47(35-39)44-22-8-12-27-51(44)58(52)49-25-10-6-20-42(49)43-21-7-11-26-50(43)58/h1-35H. The van der Waals surface area contributed by atoms with E-state index in [9.17, 15) is 0 Å². The van der Waals surface area contributed by atoms with Crippen molar-refractivity contribution in [3.05, 3.63) is 235 Å². The van der Waals surface area contributed by atoms with Crippen LogP contribution in [0.4, 0.5) is 0 Å². The Labute approximate surface area is 363 Å². The van der Waals surface area contributed by atoms with Crippen LogP contribution in [-0.4, -0.2) is 15.0 Å². The molecule has 0 saturated heterocycles. The van der Waals surface area contributed by atoms with Crippen LogP contribution in [0, 0.1) is 0 Å². The van der Waals surface area contributed by atoms with Crippen LogP contribution in [0.2, 0.25) is 0 Å². The van der Waals surface area contributed by atoms with Crippen LogP contribution in [0.15, 0.2) is 212 Å². The molecule has 288 valence electrons. The van der Waals surface area contributed by atoms with E-state index in [1.54, 1.807) is 0 Å². The minimum Gasteiger partial charge on any atom is -0.208 e. The Hall–Kier alpha value is -7.79. The highest BCUT2D eigenvalue weighted by Gasteiger charge is 2.51. The molecular formula is C58H35N3S. The molecule has 0 aliphatic heterocycles. The van der Waals surface area contributed by atoms with Gasteiger partial charge in [-0.3, -0.25) is 0 Å². The summed E-state index contributed by atoms with van der Waals surface area (Å²) >= 11 is 1.84. The Bertz CT molecular complexity index is 3560. The van der Waals surface area contributed by atoms with E-state index in [2.05, 4.69) is 194 Å². The van der Waals surface area contributed by atoms with Crippen molar-refractivity contribution in [2.24, 2.45) is 0 Å². The smallest absolute Gasteiger partial charge is 0.164 e. The van der Waals surface area contributed by atoms with Gasteiger partial charge in [0.05, 0.1) is 5.41 Å². The number of aromatic nitrogens is 3. The normalized spacial score (nSPS) is 13.0. The first-order valence-electron chi connectivity index (χ1n) is 21.1. The maximum atomic E-state index is 5.30. The van der Waals surface area contributed by atoms with E-state index < -0.39 is 0 Å². The zero-order valence-corrected chi connectivity index (χ0v) is 34.3. The van der Waals surface area contributed by atoms with Gasteiger partial charge in [-0.05, 0) is 97.1 Å². The molecular weight excluding hydrogens is 771 g/mol. The van der Waals surface area contributed by atoms with E-state index in [-0.39, 0.29) is 5.41 Å². The highest BCUT2D eigenvalue weighted by molar-refractivity contribution is 7.25. The summed E-state index contributed by atoms with van der Waals surface area (Å²) in [6, 6.07) is 76.8. The Kier molecular flexibility index (Phi) is 7.69. The minimum atomic E-state index is -0.386. The number of rotatable bonds is 5. The quantitative estimate of drug-likeness (QED) is 0.174. The van der Waals surface area contributed by atoms with E-state index in [1.807, 2.05) is 29.5 Å². The van der Waals surface area contributed by atoms with E-state index in [4.69, 9.17) is 15.0 Å². The lowest BCUT2D eigenvalue weighted by Gasteiger charge is -2.30. The van der Waals surface area contributed by atoms with Crippen molar-refractivity contribution in [3.63, 3.8) is 0 Å². The summed E-state index contributed by atoms with van der Waals surface area (Å²) in [7, 11) is 0. The molecule has 0 unspecified atom stereocenters. The van der Waals surface area contributed by atoms with E-state index in [1.165, 1.54) is 64.7 Å². The van der Waals surface area contributed by atoms with Crippen molar-refractivity contribution in [1.82, 2.24) is 15.0 Å². The second-order valence-electron chi connectivity index (χ2n) is 16.3. The van der Waals surface area contributed by atoms with Gasteiger partial charge in [0, 0.05) is 36.9 Å². The molecule has 0 fully saturated rings. The Morgan fingerprint density at radius 3 is 1.52 bits per heavy atom. The highest BCUT2D eigenvalue weighted by atomic mass is 32.1. The Morgan fingerprint density at radius 2 is 0.774 bits per heavy atom. The van der Waals surface area contributed by atoms with Gasteiger partial charge in [0.2, 0.25) is 0 Å². The van der Waals surface area contributed by atoms with Crippen molar-refractivity contribution in [1.29, 1.82) is 0 Å².